The lowest BCUT2D eigenvalue weighted by Crippen LogP contribution is -2.06. The minimum Gasteiger partial charge on any atom is -0.312 e. The second kappa shape index (κ2) is 5.31. The highest BCUT2D eigenvalue weighted by molar-refractivity contribution is 6.34. The fourth-order valence-corrected chi connectivity index (χ4v) is 2.15. The molecule has 0 bridgehead atoms. The van der Waals surface area contributed by atoms with Gasteiger partial charge in [-0.1, -0.05) is 65.3 Å². The molecular formula is C16H10ClNO2. The molecule has 0 N–H and O–H groups in total. The summed E-state index contributed by atoms with van der Waals surface area (Å²) in [7, 11) is 0. The summed E-state index contributed by atoms with van der Waals surface area (Å²) in [6.07, 6.45) is 1.70. The summed E-state index contributed by atoms with van der Waals surface area (Å²) in [5.74, 6) is -0.469. The Bertz CT molecular complexity index is 720. The molecule has 0 atom stereocenters. The number of carbonyl (C=O) groups excluding carboxylic acids is 1. The zero-order valence-electron chi connectivity index (χ0n) is 10.4. The Morgan fingerprint density at radius 2 is 1.70 bits per heavy atom. The van der Waals surface area contributed by atoms with Crippen LogP contribution < -0.4 is 0 Å². The Morgan fingerprint density at radius 3 is 2.45 bits per heavy atom. The van der Waals surface area contributed by atoms with Crippen molar-refractivity contribution in [3.05, 3.63) is 76.3 Å². The van der Waals surface area contributed by atoms with Crippen LogP contribution in [0.15, 0.2) is 65.3 Å². The van der Waals surface area contributed by atoms with Crippen LogP contribution >= 0.6 is 11.6 Å². The first-order chi connectivity index (χ1) is 9.75. The summed E-state index contributed by atoms with van der Waals surface area (Å²) >= 11 is 6.11. The van der Waals surface area contributed by atoms with Gasteiger partial charge in [0, 0.05) is 10.6 Å². The predicted octanol–water partition coefficient (Wildman–Crippen LogP) is 3.68. The molecule has 0 radical (unpaired) electrons. The third kappa shape index (κ3) is 2.36. The molecule has 0 saturated heterocycles. The zero-order chi connectivity index (χ0) is 13.9. The smallest absolute Gasteiger partial charge is 0.312 e. The maximum absolute atomic E-state index is 11.8. The Kier molecular flexibility index (Phi) is 3.35. The van der Waals surface area contributed by atoms with Gasteiger partial charge in [-0.15, -0.1) is 0 Å². The van der Waals surface area contributed by atoms with E-state index in [2.05, 4.69) is 5.16 Å². The second-order valence-corrected chi connectivity index (χ2v) is 4.67. The van der Waals surface area contributed by atoms with Crippen molar-refractivity contribution in [2.24, 2.45) is 5.16 Å². The van der Waals surface area contributed by atoms with Crippen molar-refractivity contribution in [3.8, 4) is 0 Å². The number of halogens is 1. The van der Waals surface area contributed by atoms with E-state index in [1.165, 1.54) is 0 Å². The van der Waals surface area contributed by atoms with Crippen LogP contribution in [0.1, 0.15) is 11.1 Å². The predicted molar refractivity (Wildman–Crippen MR) is 78.5 cm³/mol. The number of hydrogen-bond donors (Lipinski definition) is 0. The summed E-state index contributed by atoms with van der Waals surface area (Å²) in [5, 5.41) is 4.43. The SMILES string of the molecule is O=C1ON=C(c2ccccc2)/C1=C/c1ccccc1Cl. The lowest BCUT2D eigenvalue weighted by atomic mass is 10.0. The van der Waals surface area contributed by atoms with Gasteiger partial charge in [0.05, 0.1) is 5.57 Å². The summed E-state index contributed by atoms with van der Waals surface area (Å²) < 4.78 is 0. The molecule has 98 valence electrons. The van der Waals surface area contributed by atoms with Crippen molar-refractivity contribution >= 4 is 29.4 Å². The van der Waals surface area contributed by atoms with Gasteiger partial charge in [0.15, 0.2) is 0 Å². The number of hydrogen-bond acceptors (Lipinski definition) is 3. The number of rotatable bonds is 2. The van der Waals surface area contributed by atoms with Gasteiger partial charge in [0.25, 0.3) is 0 Å². The van der Waals surface area contributed by atoms with Crippen LogP contribution in [-0.2, 0) is 9.63 Å². The molecule has 0 saturated carbocycles. The normalized spacial score (nSPS) is 16.1. The summed E-state index contributed by atoms with van der Waals surface area (Å²) in [6.45, 7) is 0. The van der Waals surface area contributed by atoms with Crippen molar-refractivity contribution in [3.63, 3.8) is 0 Å². The molecule has 0 aromatic heterocycles. The quantitative estimate of drug-likeness (QED) is 0.623. The zero-order valence-corrected chi connectivity index (χ0v) is 11.2. The van der Waals surface area contributed by atoms with Crippen molar-refractivity contribution in [1.29, 1.82) is 0 Å². The third-order valence-corrected chi connectivity index (χ3v) is 3.29. The fraction of sp³-hybridized carbons (Fsp3) is 0. The Hall–Kier alpha value is -2.39. The topological polar surface area (TPSA) is 38.7 Å². The lowest BCUT2D eigenvalue weighted by Gasteiger charge is -2.01. The minimum atomic E-state index is -0.469. The van der Waals surface area contributed by atoms with Crippen molar-refractivity contribution in [2.45, 2.75) is 0 Å². The highest BCUT2D eigenvalue weighted by Gasteiger charge is 2.26. The van der Waals surface area contributed by atoms with Gasteiger partial charge in [-0.3, -0.25) is 0 Å². The first-order valence-corrected chi connectivity index (χ1v) is 6.45. The summed E-state index contributed by atoms with van der Waals surface area (Å²) in [5.41, 5.74) is 2.52. The molecule has 0 unspecified atom stereocenters. The molecule has 0 aliphatic carbocycles. The first kappa shape index (κ1) is 12.6. The van der Waals surface area contributed by atoms with Crippen LogP contribution in [0.25, 0.3) is 6.08 Å². The van der Waals surface area contributed by atoms with Crippen LogP contribution in [0, 0.1) is 0 Å². The Labute approximate surface area is 121 Å². The van der Waals surface area contributed by atoms with Gasteiger partial charge in [-0.2, -0.15) is 0 Å². The van der Waals surface area contributed by atoms with Crippen molar-refractivity contribution in [2.75, 3.05) is 0 Å². The van der Waals surface area contributed by atoms with Gasteiger partial charge in [-0.25, -0.2) is 4.79 Å². The van der Waals surface area contributed by atoms with Crippen molar-refractivity contribution < 1.29 is 9.63 Å². The lowest BCUT2D eigenvalue weighted by molar-refractivity contribution is -0.136. The van der Waals surface area contributed by atoms with Crippen LogP contribution in [0.5, 0.6) is 0 Å². The van der Waals surface area contributed by atoms with E-state index in [-0.39, 0.29) is 0 Å². The number of nitrogens with zero attached hydrogens (tertiary/aromatic N) is 1. The molecule has 0 fully saturated rings. The molecule has 1 aliphatic rings. The number of benzene rings is 2. The monoisotopic (exact) mass is 283 g/mol. The Morgan fingerprint density at radius 1 is 1.00 bits per heavy atom. The van der Waals surface area contributed by atoms with E-state index in [0.29, 0.717) is 16.3 Å². The summed E-state index contributed by atoms with van der Waals surface area (Å²) in [4.78, 5) is 16.6. The second-order valence-electron chi connectivity index (χ2n) is 4.26. The first-order valence-electron chi connectivity index (χ1n) is 6.07. The molecule has 3 rings (SSSR count). The Balaban J connectivity index is 2.05. The maximum atomic E-state index is 11.8. The molecule has 0 amide bonds. The highest BCUT2D eigenvalue weighted by Crippen LogP contribution is 2.24. The van der Waals surface area contributed by atoms with Gasteiger partial charge in [-0.05, 0) is 17.7 Å². The van der Waals surface area contributed by atoms with E-state index < -0.39 is 5.97 Å². The number of oxime groups is 1. The van der Waals surface area contributed by atoms with Gasteiger partial charge in [0.1, 0.15) is 5.71 Å². The maximum Gasteiger partial charge on any atom is 0.368 e. The van der Waals surface area contributed by atoms with E-state index in [1.54, 1.807) is 12.1 Å². The largest absolute Gasteiger partial charge is 0.368 e. The average Bonchev–Trinajstić information content (AvgIpc) is 2.84. The van der Waals surface area contributed by atoms with Gasteiger partial charge < -0.3 is 4.84 Å². The summed E-state index contributed by atoms with van der Waals surface area (Å²) in [6, 6.07) is 16.7. The van der Waals surface area contributed by atoms with E-state index >= 15 is 0 Å². The number of carbonyl (C=O) groups is 1. The molecule has 2 aromatic carbocycles. The molecule has 4 heteroatoms. The molecule has 20 heavy (non-hydrogen) atoms. The van der Waals surface area contributed by atoms with Crippen LogP contribution in [0.4, 0.5) is 0 Å². The molecule has 2 aromatic rings. The van der Waals surface area contributed by atoms with Gasteiger partial charge >= 0.3 is 5.97 Å². The van der Waals surface area contributed by atoms with Crippen LogP contribution in [0.2, 0.25) is 5.02 Å². The van der Waals surface area contributed by atoms with Crippen LogP contribution in [-0.4, -0.2) is 11.7 Å². The van der Waals surface area contributed by atoms with E-state index in [4.69, 9.17) is 16.4 Å². The molecule has 0 spiro atoms. The molecule has 3 nitrogen and oxygen atoms in total. The minimum absolute atomic E-state index is 0.407. The standard InChI is InChI=1S/C16H10ClNO2/c17-14-9-5-4-8-12(14)10-13-15(18-20-16(13)19)11-6-2-1-3-7-11/h1-10H/b13-10-. The van der Waals surface area contributed by atoms with E-state index in [0.717, 1.165) is 11.1 Å². The molecule has 1 heterocycles. The van der Waals surface area contributed by atoms with Crippen molar-refractivity contribution in [1.82, 2.24) is 0 Å². The van der Waals surface area contributed by atoms with Gasteiger partial charge in [0.2, 0.25) is 0 Å². The average molecular weight is 284 g/mol. The highest BCUT2D eigenvalue weighted by atomic mass is 35.5. The third-order valence-electron chi connectivity index (χ3n) is 2.95. The van der Waals surface area contributed by atoms with Crippen LogP contribution in [0.3, 0.4) is 0 Å². The van der Waals surface area contributed by atoms with E-state index in [9.17, 15) is 4.79 Å². The van der Waals surface area contributed by atoms with E-state index in [1.807, 2.05) is 48.5 Å². The molecule has 1 aliphatic heterocycles. The fourth-order valence-electron chi connectivity index (χ4n) is 1.96. The molecular weight excluding hydrogens is 274 g/mol.